The van der Waals surface area contributed by atoms with Crippen LogP contribution in [0.3, 0.4) is 0 Å². The summed E-state index contributed by atoms with van der Waals surface area (Å²) in [5.41, 5.74) is -9.41. The molecular formula is C24H18F9N3O3. The molecule has 0 saturated heterocycles. The van der Waals surface area contributed by atoms with Crippen LogP contribution < -0.4 is 10.0 Å². The summed E-state index contributed by atoms with van der Waals surface area (Å²) in [5, 5.41) is 23.9. The Morgan fingerprint density at radius 2 is 1.59 bits per heavy atom. The van der Waals surface area contributed by atoms with Crippen molar-refractivity contribution in [2.45, 2.75) is 44.0 Å². The highest BCUT2D eigenvalue weighted by atomic mass is 19.4. The Hall–Kier alpha value is -3.88. The third-order valence-corrected chi connectivity index (χ3v) is 5.72. The molecule has 1 aromatic carbocycles. The molecule has 2 aromatic heterocycles. The average Bonchev–Trinajstić information content (AvgIpc) is 2.81. The van der Waals surface area contributed by atoms with E-state index in [0.717, 1.165) is 12.1 Å². The zero-order valence-electron chi connectivity index (χ0n) is 19.8. The maximum atomic E-state index is 13.6. The second kappa shape index (κ2) is 10.0. The summed E-state index contributed by atoms with van der Waals surface area (Å²) in [6.45, 7) is 2.83. The van der Waals surface area contributed by atoms with E-state index in [4.69, 9.17) is 0 Å². The maximum absolute atomic E-state index is 13.6. The van der Waals surface area contributed by atoms with Gasteiger partial charge >= 0.3 is 18.5 Å². The van der Waals surface area contributed by atoms with Crippen LogP contribution in [0.15, 0.2) is 54.9 Å². The van der Waals surface area contributed by atoms with Crippen LogP contribution >= 0.6 is 0 Å². The number of aliphatic hydroxyl groups is 1. The minimum absolute atomic E-state index is 0.119. The highest BCUT2D eigenvalue weighted by molar-refractivity contribution is 5.96. The van der Waals surface area contributed by atoms with Crippen LogP contribution in [0.1, 0.15) is 45.7 Å². The van der Waals surface area contributed by atoms with Gasteiger partial charge in [0.05, 0.1) is 11.7 Å². The van der Waals surface area contributed by atoms with Gasteiger partial charge in [-0.1, -0.05) is 6.07 Å². The van der Waals surface area contributed by atoms with Crippen LogP contribution in [0.5, 0.6) is 0 Å². The van der Waals surface area contributed by atoms with E-state index in [2.05, 4.69) is 10.3 Å². The van der Waals surface area contributed by atoms with E-state index in [0.29, 0.717) is 23.9 Å². The molecule has 0 spiro atoms. The molecule has 1 atom stereocenters. The van der Waals surface area contributed by atoms with Crippen molar-refractivity contribution in [3.63, 3.8) is 0 Å². The number of benzene rings is 1. The first kappa shape index (κ1) is 29.7. The molecule has 210 valence electrons. The van der Waals surface area contributed by atoms with E-state index < -0.39 is 57.6 Å². The molecule has 39 heavy (non-hydrogen) atoms. The molecule has 0 fully saturated rings. The lowest BCUT2D eigenvalue weighted by Gasteiger charge is -2.33. The molecule has 0 unspecified atom stereocenters. The third-order valence-electron chi connectivity index (χ3n) is 5.72. The fraction of sp³-hybridized carbons (Fsp3) is 0.292. The molecule has 0 aliphatic heterocycles. The number of alkyl halides is 9. The zero-order chi connectivity index (χ0) is 29.6. The first-order chi connectivity index (χ1) is 17.8. The van der Waals surface area contributed by atoms with Gasteiger partial charge in [0.15, 0.2) is 6.20 Å². The molecule has 0 saturated carbocycles. The standard InChI is InChI=1S/C24H18F9N3O3/c1-12-3-5-18(34-10-12)15-7-16(9-17(8-15)21(38,23(28,29)30)24(31,32)33)20(37)35-13(2)14-4-6-19(22(25,26)27)36(39)11-14/h3-11,13,38H,1-2H3,(H,35,37)/t13-/m1/s1. The highest BCUT2D eigenvalue weighted by Crippen LogP contribution is 2.50. The number of amides is 1. The van der Waals surface area contributed by atoms with Gasteiger partial charge in [0.1, 0.15) is 0 Å². The van der Waals surface area contributed by atoms with Gasteiger partial charge in [0.2, 0.25) is 0 Å². The van der Waals surface area contributed by atoms with Crippen molar-refractivity contribution in [3.8, 4) is 11.3 Å². The summed E-state index contributed by atoms with van der Waals surface area (Å²) < 4.78 is 120. The molecule has 0 aliphatic carbocycles. The van der Waals surface area contributed by atoms with E-state index in [-0.39, 0.29) is 22.9 Å². The van der Waals surface area contributed by atoms with E-state index in [9.17, 15) is 54.6 Å². The van der Waals surface area contributed by atoms with Crippen molar-refractivity contribution < 1.29 is 54.1 Å². The minimum atomic E-state index is -6.24. The molecule has 0 aliphatic rings. The monoisotopic (exact) mass is 567 g/mol. The highest BCUT2D eigenvalue weighted by Gasteiger charge is 2.71. The zero-order valence-corrected chi connectivity index (χ0v) is 19.8. The number of hydrogen-bond acceptors (Lipinski definition) is 4. The molecule has 15 heteroatoms. The number of aromatic nitrogens is 2. The van der Waals surface area contributed by atoms with Gasteiger partial charge in [-0.05, 0) is 49.7 Å². The van der Waals surface area contributed by atoms with Crippen molar-refractivity contribution in [1.82, 2.24) is 10.3 Å². The number of carbonyl (C=O) groups is 1. The predicted octanol–water partition coefficient (Wildman–Crippen LogP) is 5.51. The number of nitrogens with one attached hydrogen (secondary N) is 1. The number of carbonyl (C=O) groups excluding carboxylic acids is 1. The molecular weight excluding hydrogens is 549 g/mol. The van der Waals surface area contributed by atoms with E-state index in [1.165, 1.54) is 25.3 Å². The van der Waals surface area contributed by atoms with Crippen molar-refractivity contribution in [1.29, 1.82) is 0 Å². The molecule has 3 rings (SSSR count). The summed E-state index contributed by atoms with van der Waals surface area (Å²) in [6.07, 6.45) is -15.7. The molecule has 6 nitrogen and oxygen atoms in total. The molecule has 2 heterocycles. The Balaban J connectivity index is 2.09. The van der Waals surface area contributed by atoms with Crippen molar-refractivity contribution in [2.24, 2.45) is 0 Å². The molecule has 3 aromatic rings. The molecule has 0 radical (unpaired) electrons. The van der Waals surface area contributed by atoms with Crippen LogP contribution in [0, 0.1) is 12.1 Å². The van der Waals surface area contributed by atoms with Gasteiger partial charge in [0.25, 0.3) is 17.2 Å². The summed E-state index contributed by atoms with van der Waals surface area (Å²) in [4.78, 5) is 16.9. The Morgan fingerprint density at radius 1 is 0.974 bits per heavy atom. The van der Waals surface area contributed by atoms with Crippen LogP contribution in [-0.4, -0.2) is 28.4 Å². The van der Waals surface area contributed by atoms with Crippen LogP contribution in [0.25, 0.3) is 11.3 Å². The van der Waals surface area contributed by atoms with E-state index in [1.54, 1.807) is 6.92 Å². The second-order valence-electron chi connectivity index (χ2n) is 8.59. The molecule has 0 bridgehead atoms. The smallest absolute Gasteiger partial charge is 0.478 e. The van der Waals surface area contributed by atoms with Crippen LogP contribution in [-0.2, 0) is 11.8 Å². The first-order valence-corrected chi connectivity index (χ1v) is 10.8. The average molecular weight is 567 g/mol. The maximum Gasteiger partial charge on any atom is 0.478 e. The fourth-order valence-electron chi connectivity index (χ4n) is 3.58. The normalized spacial score (nSPS) is 13.7. The second-order valence-corrected chi connectivity index (χ2v) is 8.59. The van der Waals surface area contributed by atoms with Crippen LogP contribution in [0.4, 0.5) is 39.5 Å². The van der Waals surface area contributed by atoms with Gasteiger partial charge in [-0.15, -0.1) is 0 Å². The van der Waals surface area contributed by atoms with Crippen molar-refractivity contribution in [3.05, 3.63) is 88.0 Å². The number of nitrogens with zero attached hydrogens (tertiary/aromatic N) is 2. The minimum Gasteiger partial charge on any atom is -0.618 e. The Bertz CT molecular complexity index is 1350. The van der Waals surface area contributed by atoms with Gasteiger partial charge in [-0.25, -0.2) is 0 Å². The predicted molar refractivity (Wildman–Crippen MR) is 117 cm³/mol. The quantitative estimate of drug-likeness (QED) is 0.242. The number of halogens is 9. The summed E-state index contributed by atoms with van der Waals surface area (Å²) in [7, 11) is 0. The van der Waals surface area contributed by atoms with Gasteiger partial charge in [0, 0.05) is 34.5 Å². The van der Waals surface area contributed by atoms with E-state index >= 15 is 0 Å². The third kappa shape index (κ3) is 5.92. The van der Waals surface area contributed by atoms with Crippen molar-refractivity contribution in [2.75, 3.05) is 0 Å². The van der Waals surface area contributed by atoms with Gasteiger partial charge < -0.3 is 15.6 Å². The molecule has 2 N–H and O–H groups in total. The molecule has 1 amide bonds. The lowest BCUT2D eigenvalue weighted by molar-refractivity contribution is -0.629. The van der Waals surface area contributed by atoms with Crippen molar-refractivity contribution >= 4 is 5.91 Å². The lowest BCUT2D eigenvalue weighted by atomic mass is 9.88. The Kier molecular flexibility index (Phi) is 7.62. The number of pyridine rings is 2. The van der Waals surface area contributed by atoms with E-state index in [1.807, 2.05) is 0 Å². The number of rotatable bonds is 5. The SMILES string of the molecule is Cc1ccc(-c2cc(C(=O)N[C@H](C)c3ccc(C(F)(F)F)[n+]([O-])c3)cc(C(O)(C(F)(F)F)C(F)(F)F)c2)nc1. The topological polar surface area (TPSA) is 89.2 Å². The first-order valence-electron chi connectivity index (χ1n) is 10.8. The van der Waals surface area contributed by atoms with Gasteiger partial charge in [-0.3, -0.25) is 9.78 Å². The Morgan fingerprint density at radius 3 is 2.08 bits per heavy atom. The summed E-state index contributed by atoms with van der Waals surface area (Å²) in [5.74, 6) is -1.25. The summed E-state index contributed by atoms with van der Waals surface area (Å²) >= 11 is 0. The van der Waals surface area contributed by atoms with Gasteiger partial charge in [-0.2, -0.15) is 44.2 Å². The Labute approximate surface area is 214 Å². The fourth-order valence-corrected chi connectivity index (χ4v) is 3.58. The largest absolute Gasteiger partial charge is 0.618 e. The summed E-state index contributed by atoms with van der Waals surface area (Å²) in [6, 6.07) is 4.35. The van der Waals surface area contributed by atoms with Crippen LogP contribution in [0.2, 0.25) is 0 Å². The number of hydrogen-bond donors (Lipinski definition) is 2. The number of aryl methyl sites for hydroxylation is 1. The lowest BCUT2D eigenvalue weighted by Crippen LogP contribution is -2.54.